The minimum absolute atomic E-state index is 0. The van der Waals surface area contributed by atoms with Gasteiger partial charge in [-0.25, -0.2) is 4.79 Å². The van der Waals surface area contributed by atoms with E-state index in [0.29, 0.717) is 24.6 Å². The van der Waals surface area contributed by atoms with Crippen molar-refractivity contribution in [2.45, 2.75) is 79.6 Å². The summed E-state index contributed by atoms with van der Waals surface area (Å²) in [7, 11) is 0. The van der Waals surface area contributed by atoms with Gasteiger partial charge in [-0.15, -0.1) is 0 Å². The van der Waals surface area contributed by atoms with Gasteiger partial charge in [0.15, 0.2) is 0 Å². The third-order valence-electron chi connectivity index (χ3n) is 4.25. The Morgan fingerprint density at radius 1 is 1.14 bits per heavy atom. The average molecular weight is 753 g/mol. The fraction of sp³-hybridized carbons (Fsp3) is 0.600. The van der Waals surface area contributed by atoms with E-state index in [1.165, 1.54) is 0 Å². The predicted molar refractivity (Wildman–Crippen MR) is 137 cm³/mol. The number of carbonyl (C=O) groups excluding carboxylic acids is 4. The van der Waals surface area contributed by atoms with E-state index < -0.39 is 5.60 Å². The number of aliphatic hydroxyl groups is 1. The fourth-order valence-electron chi connectivity index (χ4n) is 1.97. The van der Waals surface area contributed by atoms with E-state index in [-0.39, 0.29) is 31.2 Å². The maximum Gasteiger partial charge on any atom is 0.407 e. The Labute approximate surface area is 209 Å². The van der Waals surface area contributed by atoms with Crippen LogP contribution >= 0.6 is 0 Å². The zero-order chi connectivity index (χ0) is 27.3. The molecular weight excluding hydrogens is 709 g/mol. The summed E-state index contributed by atoms with van der Waals surface area (Å²) < 4.78 is 5.03. The second-order valence-corrected chi connectivity index (χ2v) is 8.96. The summed E-state index contributed by atoms with van der Waals surface area (Å²) in [6.07, 6.45) is 3.87. The molecule has 0 aliphatic heterocycles. The van der Waals surface area contributed by atoms with Gasteiger partial charge in [-0.2, -0.15) is 6.41 Å². The van der Waals surface area contributed by atoms with Gasteiger partial charge >= 0.3 is 6.09 Å². The Bertz CT molecular complexity index is 724. The number of amides is 4. The standard InChI is InChI=1S/C10H12N2O3.C9H19NO2.C6H12NO.Fm/c13-6-8-1-3-9(4-2-8)12-10(15)5-11-7-14;1-5-6-7-10-8(11)12-9(2,3)4;1-5(2)6(3)7-4-8;/h1-4,7,13H,5-6H2,(H,11,14)(H,12,15);5-7H2,1-4H3,(H,10,11);5-6H,1-3H3,(H,7,8);/q;;-1;. The number of anilines is 1. The quantitative estimate of drug-likeness (QED) is 0.102. The smallest absolute Gasteiger partial charge is 0.407 e. The normalized spacial score (nSPS) is 10.6. The van der Waals surface area contributed by atoms with Gasteiger partial charge in [-0.3, -0.25) is 9.59 Å². The van der Waals surface area contributed by atoms with E-state index in [1.807, 2.05) is 27.7 Å². The third-order valence-corrected chi connectivity index (χ3v) is 4.25. The van der Waals surface area contributed by atoms with Crippen LogP contribution < -0.4 is 21.3 Å². The number of benzene rings is 1. The Balaban J connectivity index is -0.000000469. The van der Waals surface area contributed by atoms with Crippen LogP contribution in [0.25, 0.3) is 0 Å². The van der Waals surface area contributed by atoms with Crippen molar-refractivity contribution in [2.75, 3.05) is 18.4 Å². The molecule has 0 saturated carbocycles. The molecule has 212 valence electrons. The van der Waals surface area contributed by atoms with Gasteiger partial charge in [0, 0.05) is 12.2 Å². The Kier molecular flexibility index (Phi) is 21.7. The SMILES string of the molecule is CC(C)C(C)N[C-]=O.CCCCNC(=O)OC(C)(C)C.O=CNCC(=O)Nc1ccc(CO)cc1.[Fm]. The number of rotatable bonds is 11. The number of carbonyl (C=O) groups is 3. The van der Waals surface area contributed by atoms with Crippen LogP contribution in [-0.4, -0.2) is 54.7 Å². The zero-order valence-corrected chi connectivity index (χ0v) is 24.8. The van der Waals surface area contributed by atoms with Crippen molar-refractivity contribution in [3.8, 4) is 0 Å². The molecule has 0 saturated heterocycles. The van der Waals surface area contributed by atoms with Crippen molar-refractivity contribution in [1.82, 2.24) is 16.0 Å². The monoisotopic (exact) mass is 752 g/mol. The van der Waals surface area contributed by atoms with Gasteiger partial charge in [0.05, 0.1) is 13.2 Å². The summed E-state index contributed by atoms with van der Waals surface area (Å²) in [5.41, 5.74) is 1.01. The fourth-order valence-corrected chi connectivity index (χ4v) is 1.97. The number of alkyl carbamates (subject to hydrolysis) is 1. The Hall–Kier alpha value is -4.14. The molecule has 4 amide bonds. The van der Waals surface area contributed by atoms with E-state index in [9.17, 15) is 19.2 Å². The van der Waals surface area contributed by atoms with Gasteiger partial charge in [0.2, 0.25) is 12.3 Å². The van der Waals surface area contributed by atoms with Gasteiger partial charge in [0.1, 0.15) is 5.60 Å². The maximum atomic E-state index is 11.1. The molecule has 1 aromatic carbocycles. The summed E-state index contributed by atoms with van der Waals surface area (Å²) in [5, 5.41) is 18.9. The first-order chi connectivity index (χ1) is 16.4. The summed E-state index contributed by atoms with van der Waals surface area (Å²) >= 11 is 0. The molecule has 1 atom stereocenters. The van der Waals surface area contributed by atoms with Gasteiger partial charge in [-0.1, -0.05) is 39.3 Å². The molecule has 0 radical (unpaired) electrons. The van der Waals surface area contributed by atoms with Crippen LogP contribution in [0.15, 0.2) is 24.3 Å². The first kappa shape index (κ1) is 36.4. The van der Waals surface area contributed by atoms with Gasteiger partial charge in [0.25, 0.3) is 0 Å². The van der Waals surface area contributed by atoms with Crippen molar-refractivity contribution in [2.24, 2.45) is 5.92 Å². The second-order valence-electron chi connectivity index (χ2n) is 8.96. The molecule has 0 aliphatic rings. The van der Waals surface area contributed by atoms with Crippen molar-refractivity contribution >= 4 is 30.5 Å². The third kappa shape index (κ3) is 23.0. The topological polar surface area (TPSA) is 146 Å². The van der Waals surface area contributed by atoms with Gasteiger partial charge < -0.3 is 35.9 Å². The molecule has 0 spiro atoms. The maximum absolute atomic E-state index is 11.1. The number of hydrogen-bond donors (Lipinski definition) is 5. The van der Waals surface area contributed by atoms with E-state index in [2.05, 4.69) is 42.0 Å². The van der Waals surface area contributed by atoms with Crippen LogP contribution in [0.4, 0.5) is 10.5 Å². The molecule has 0 fully saturated rings. The second kappa shape index (κ2) is 21.4. The molecule has 36 heavy (non-hydrogen) atoms. The van der Waals surface area contributed by atoms with E-state index >= 15 is 0 Å². The molecule has 0 aliphatic carbocycles. The molecule has 1 rings (SSSR count). The zero-order valence-electron chi connectivity index (χ0n) is 22.4. The molecule has 0 bridgehead atoms. The van der Waals surface area contributed by atoms with Crippen LogP contribution in [0.2, 0.25) is 0 Å². The minimum atomic E-state index is -0.393. The number of ether oxygens (including phenoxy) is 1. The molecule has 1 unspecified atom stereocenters. The van der Waals surface area contributed by atoms with Crippen molar-refractivity contribution in [1.29, 1.82) is 0 Å². The number of unbranched alkanes of at least 4 members (excludes halogenated alkanes) is 1. The van der Waals surface area contributed by atoms with Crippen molar-refractivity contribution < 1.29 is 29.0 Å². The number of nitrogens with one attached hydrogen (secondary N) is 4. The first-order valence-electron chi connectivity index (χ1n) is 11.7. The van der Waals surface area contributed by atoms with Crippen LogP contribution in [0.1, 0.15) is 66.9 Å². The largest absolute Gasteiger partial charge is 0.527 e. The predicted octanol–water partition coefficient (Wildman–Crippen LogP) is 2.86. The van der Waals surface area contributed by atoms with Crippen LogP contribution in [0.5, 0.6) is 0 Å². The molecule has 0 heterocycles. The van der Waals surface area contributed by atoms with Crippen molar-refractivity contribution in [3.05, 3.63) is 29.8 Å². The Morgan fingerprint density at radius 3 is 2.11 bits per heavy atom. The summed E-state index contributed by atoms with van der Waals surface area (Å²) in [6.45, 7) is 14.3. The average Bonchev–Trinajstić information content (AvgIpc) is 2.78. The van der Waals surface area contributed by atoms with Crippen LogP contribution in [0, 0.1) is 5.92 Å². The van der Waals surface area contributed by atoms with Gasteiger partial charge in [-0.05, 0) is 63.8 Å². The van der Waals surface area contributed by atoms with E-state index in [1.54, 1.807) is 30.7 Å². The number of aliphatic hydroxyl groups excluding tert-OH is 1. The first-order valence-corrected chi connectivity index (χ1v) is 11.7. The van der Waals surface area contributed by atoms with E-state index in [0.717, 1.165) is 18.4 Å². The minimum Gasteiger partial charge on any atom is -0.527 e. The molecule has 11 heteroatoms. The summed E-state index contributed by atoms with van der Waals surface area (Å²) in [6, 6.07) is 7.03. The summed E-state index contributed by atoms with van der Waals surface area (Å²) in [5.74, 6) is 0.204. The molecule has 10 nitrogen and oxygen atoms in total. The Morgan fingerprint density at radius 2 is 1.72 bits per heavy atom. The van der Waals surface area contributed by atoms with Crippen LogP contribution in [0.3, 0.4) is 0 Å². The van der Waals surface area contributed by atoms with E-state index in [4.69, 9.17) is 9.84 Å². The molecular formula is C25H43FmN4O6-. The molecule has 1 aromatic rings. The molecule has 0 aromatic heterocycles. The molecule has 5 N–H and O–H groups in total. The number of hydrogen-bond acceptors (Lipinski definition) is 6. The van der Waals surface area contributed by atoms with Crippen molar-refractivity contribution in [3.63, 3.8) is 0 Å². The van der Waals surface area contributed by atoms with Crippen LogP contribution in [-0.2, 0) is 25.7 Å². The summed E-state index contributed by atoms with van der Waals surface area (Å²) in [4.78, 5) is 41.8.